The van der Waals surface area contributed by atoms with E-state index in [1.165, 1.54) is 13.0 Å². The van der Waals surface area contributed by atoms with Gasteiger partial charge in [-0.2, -0.15) is 0 Å². The van der Waals surface area contributed by atoms with E-state index in [9.17, 15) is 9.59 Å². The number of aryl methyl sites for hydroxylation is 2. The molecule has 4 nitrogen and oxygen atoms in total. The van der Waals surface area contributed by atoms with Gasteiger partial charge in [0.25, 0.3) is 0 Å². The number of ether oxygens (including phenoxy) is 1. The molecule has 118 valence electrons. The molecule has 1 atom stereocenters. The molecule has 1 heterocycles. The molecule has 0 fully saturated rings. The third kappa shape index (κ3) is 3.60. The van der Waals surface area contributed by atoms with Gasteiger partial charge >= 0.3 is 11.6 Å². The van der Waals surface area contributed by atoms with E-state index in [2.05, 4.69) is 31.9 Å². The number of rotatable bonds is 4. The molecule has 0 N–H and O–H groups in total. The summed E-state index contributed by atoms with van der Waals surface area (Å²) in [6.45, 7) is 5.01. The second kappa shape index (κ2) is 6.96. The molecule has 0 radical (unpaired) electrons. The Morgan fingerprint density at radius 1 is 1.36 bits per heavy atom. The maximum Gasteiger partial charge on any atom is 0.336 e. The fraction of sp³-hybridized carbons (Fsp3) is 0.375. The second-order valence-electron chi connectivity index (χ2n) is 5.16. The molecule has 0 amide bonds. The molecular formula is C16H16Br2O4. The Kier molecular flexibility index (Phi) is 5.45. The van der Waals surface area contributed by atoms with Crippen molar-refractivity contribution in [2.24, 2.45) is 0 Å². The standard InChI is InChI=1S/C16H16Br2O4/c1-8-4-14(20)22-16-9(2)13(21-10(3)19)6-11(15(8)16)5-12(18)7-17/h4,6,12H,5,7H2,1-3H3. The van der Waals surface area contributed by atoms with Crippen LogP contribution in [0.2, 0.25) is 0 Å². The number of fused-ring (bicyclic) bond motifs is 1. The maximum atomic E-state index is 11.7. The first-order chi connectivity index (χ1) is 10.3. The number of benzene rings is 1. The number of hydrogen-bond acceptors (Lipinski definition) is 4. The molecule has 2 rings (SSSR count). The van der Waals surface area contributed by atoms with Crippen LogP contribution in [0.25, 0.3) is 11.0 Å². The third-order valence-electron chi connectivity index (χ3n) is 3.36. The van der Waals surface area contributed by atoms with Gasteiger partial charge in [-0.05, 0) is 37.5 Å². The van der Waals surface area contributed by atoms with E-state index in [1.54, 1.807) is 6.92 Å². The van der Waals surface area contributed by atoms with Gasteiger partial charge in [0.15, 0.2) is 0 Å². The lowest BCUT2D eigenvalue weighted by Crippen LogP contribution is -2.09. The number of halogens is 2. The van der Waals surface area contributed by atoms with E-state index in [4.69, 9.17) is 9.15 Å². The third-order valence-corrected chi connectivity index (χ3v) is 5.66. The van der Waals surface area contributed by atoms with Crippen LogP contribution in [-0.4, -0.2) is 16.1 Å². The van der Waals surface area contributed by atoms with Crippen LogP contribution in [0.1, 0.15) is 23.6 Å². The van der Waals surface area contributed by atoms with Crippen LogP contribution in [0.15, 0.2) is 21.3 Å². The fourth-order valence-corrected chi connectivity index (χ4v) is 3.02. The lowest BCUT2D eigenvalue weighted by atomic mass is 9.98. The minimum Gasteiger partial charge on any atom is -0.426 e. The Hall–Kier alpha value is -1.14. The average Bonchev–Trinajstić information content (AvgIpc) is 2.42. The number of hydrogen-bond donors (Lipinski definition) is 0. The first-order valence-corrected chi connectivity index (χ1v) is 8.82. The highest BCUT2D eigenvalue weighted by molar-refractivity contribution is 9.12. The van der Waals surface area contributed by atoms with Gasteiger partial charge in [0.2, 0.25) is 0 Å². The van der Waals surface area contributed by atoms with Crippen molar-refractivity contribution in [1.29, 1.82) is 0 Å². The molecule has 0 aliphatic heterocycles. The summed E-state index contributed by atoms with van der Waals surface area (Å²) in [6.07, 6.45) is 0.713. The summed E-state index contributed by atoms with van der Waals surface area (Å²) < 4.78 is 10.6. The summed E-state index contributed by atoms with van der Waals surface area (Å²) >= 11 is 7.02. The predicted molar refractivity (Wildman–Crippen MR) is 93.5 cm³/mol. The lowest BCUT2D eigenvalue weighted by molar-refractivity contribution is -0.131. The molecule has 0 saturated heterocycles. The minimum absolute atomic E-state index is 0.218. The second-order valence-corrected chi connectivity index (χ2v) is 7.10. The van der Waals surface area contributed by atoms with Crippen molar-refractivity contribution in [3.63, 3.8) is 0 Å². The topological polar surface area (TPSA) is 56.5 Å². The van der Waals surface area contributed by atoms with E-state index in [0.29, 0.717) is 23.3 Å². The summed E-state index contributed by atoms with van der Waals surface area (Å²) in [5.41, 5.74) is 2.55. The van der Waals surface area contributed by atoms with Crippen molar-refractivity contribution in [3.05, 3.63) is 39.2 Å². The molecule has 0 saturated carbocycles. The summed E-state index contributed by atoms with van der Waals surface area (Å²) in [4.78, 5) is 23.2. The molecule has 1 aromatic heterocycles. The van der Waals surface area contributed by atoms with Gasteiger partial charge in [-0.3, -0.25) is 4.79 Å². The van der Waals surface area contributed by atoms with Crippen LogP contribution in [0.5, 0.6) is 5.75 Å². The molecule has 1 aromatic carbocycles. The van der Waals surface area contributed by atoms with Crippen LogP contribution in [0.4, 0.5) is 0 Å². The van der Waals surface area contributed by atoms with E-state index >= 15 is 0 Å². The number of carbonyl (C=O) groups is 1. The zero-order valence-electron chi connectivity index (χ0n) is 12.5. The first kappa shape index (κ1) is 17.2. The Labute approximate surface area is 145 Å². The normalized spacial score (nSPS) is 12.4. The Morgan fingerprint density at radius 2 is 2.05 bits per heavy atom. The van der Waals surface area contributed by atoms with Crippen molar-refractivity contribution in [2.75, 3.05) is 5.33 Å². The van der Waals surface area contributed by atoms with E-state index in [1.807, 2.05) is 13.0 Å². The van der Waals surface area contributed by atoms with Gasteiger partial charge in [-0.15, -0.1) is 0 Å². The number of carbonyl (C=O) groups excluding carboxylic acids is 1. The molecule has 0 aliphatic rings. The summed E-state index contributed by atoms with van der Waals surface area (Å²) in [6, 6.07) is 3.33. The molecule has 2 aromatic rings. The Morgan fingerprint density at radius 3 is 2.64 bits per heavy atom. The zero-order valence-corrected chi connectivity index (χ0v) is 15.7. The monoisotopic (exact) mass is 430 g/mol. The van der Waals surface area contributed by atoms with Crippen LogP contribution >= 0.6 is 31.9 Å². The van der Waals surface area contributed by atoms with Gasteiger partial charge in [0.05, 0.1) is 0 Å². The molecular weight excluding hydrogens is 416 g/mol. The van der Waals surface area contributed by atoms with Crippen LogP contribution in [-0.2, 0) is 11.2 Å². The van der Waals surface area contributed by atoms with Crippen molar-refractivity contribution in [2.45, 2.75) is 32.0 Å². The van der Waals surface area contributed by atoms with Gasteiger partial charge < -0.3 is 9.15 Å². The average molecular weight is 432 g/mol. The SMILES string of the molecule is CC(=O)Oc1cc(CC(Br)CBr)c2c(C)cc(=O)oc2c1C. The quantitative estimate of drug-likeness (QED) is 0.317. The Balaban J connectivity index is 2.77. The highest BCUT2D eigenvalue weighted by Crippen LogP contribution is 2.33. The highest BCUT2D eigenvalue weighted by Gasteiger charge is 2.18. The van der Waals surface area contributed by atoms with Crippen molar-refractivity contribution in [1.82, 2.24) is 0 Å². The smallest absolute Gasteiger partial charge is 0.336 e. The Bertz CT molecular complexity index is 780. The van der Waals surface area contributed by atoms with Crippen LogP contribution < -0.4 is 10.4 Å². The summed E-state index contributed by atoms with van der Waals surface area (Å²) in [7, 11) is 0. The number of esters is 1. The molecule has 1 unspecified atom stereocenters. The maximum absolute atomic E-state index is 11.7. The van der Waals surface area contributed by atoms with Crippen LogP contribution in [0, 0.1) is 13.8 Å². The molecule has 22 heavy (non-hydrogen) atoms. The summed E-state index contributed by atoms with van der Waals surface area (Å²) in [5, 5.41) is 1.68. The molecule has 6 heteroatoms. The van der Waals surface area contributed by atoms with Gasteiger partial charge in [-0.1, -0.05) is 31.9 Å². The first-order valence-electron chi connectivity index (χ1n) is 6.78. The van der Waals surface area contributed by atoms with E-state index in [-0.39, 0.29) is 4.83 Å². The van der Waals surface area contributed by atoms with Crippen molar-refractivity contribution < 1.29 is 13.9 Å². The fourth-order valence-electron chi connectivity index (χ4n) is 2.44. The van der Waals surface area contributed by atoms with Gasteiger partial charge in [-0.25, -0.2) is 4.79 Å². The molecule has 0 spiro atoms. The van der Waals surface area contributed by atoms with Crippen LogP contribution in [0.3, 0.4) is 0 Å². The van der Waals surface area contributed by atoms with Crippen molar-refractivity contribution in [3.8, 4) is 5.75 Å². The van der Waals surface area contributed by atoms with E-state index < -0.39 is 11.6 Å². The van der Waals surface area contributed by atoms with Crippen molar-refractivity contribution >= 4 is 48.8 Å². The van der Waals surface area contributed by atoms with Gasteiger partial charge in [0.1, 0.15) is 11.3 Å². The molecule has 0 aliphatic carbocycles. The predicted octanol–water partition coefficient (Wildman–Crippen LogP) is 4.04. The largest absolute Gasteiger partial charge is 0.426 e. The molecule has 0 bridgehead atoms. The van der Waals surface area contributed by atoms with E-state index in [0.717, 1.165) is 21.8 Å². The summed E-state index contributed by atoms with van der Waals surface area (Å²) in [5.74, 6) is 0.0253. The highest BCUT2D eigenvalue weighted by atomic mass is 79.9. The zero-order chi connectivity index (χ0) is 16.4. The minimum atomic E-state index is -0.407. The number of alkyl halides is 2. The van der Waals surface area contributed by atoms with Gasteiger partial charge in [0, 0.05) is 34.1 Å². The lowest BCUT2D eigenvalue weighted by Gasteiger charge is -2.15.